The maximum Gasteiger partial charge on any atom is 0.271 e. The van der Waals surface area contributed by atoms with Gasteiger partial charge in [-0.15, -0.1) is 23.1 Å². The van der Waals surface area contributed by atoms with Crippen molar-refractivity contribution in [2.24, 2.45) is 0 Å². The lowest BCUT2D eigenvalue weighted by Crippen LogP contribution is -2.19. The minimum Gasteiger partial charge on any atom is -0.325 e. The van der Waals surface area contributed by atoms with Gasteiger partial charge in [0.2, 0.25) is 5.91 Å². The molecular weight excluding hydrogens is 484 g/mol. The molecule has 2 N–H and O–H groups in total. The third kappa shape index (κ3) is 5.88. The summed E-state index contributed by atoms with van der Waals surface area (Å²) in [5, 5.41) is 4.32. The average molecular weight is 509 g/mol. The zero-order valence-corrected chi connectivity index (χ0v) is 21.1. The standard InChI is InChI=1S/C26H24N2O3S3/c1-18-10-11-19(2)23(17-18)27-26(29)25(20-7-4-3-5-8-20)33-22-14-12-21(13-15-22)28-34(30,31)24-9-6-16-32-24/h3-17,25,28H,1-2H3,(H,27,29). The number of hydrogen-bond donors (Lipinski definition) is 2. The van der Waals surface area contributed by atoms with Crippen LogP contribution < -0.4 is 10.0 Å². The molecule has 0 saturated carbocycles. The van der Waals surface area contributed by atoms with Crippen LogP contribution in [-0.4, -0.2) is 14.3 Å². The maximum absolute atomic E-state index is 13.3. The van der Waals surface area contributed by atoms with Gasteiger partial charge in [-0.25, -0.2) is 8.42 Å². The Kier molecular flexibility index (Phi) is 7.41. The molecule has 0 aliphatic heterocycles. The van der Waals surface area contributed by atoms with Crippen molar-refractivity contribution >= 4 is 50.4 Å². The third-order valence-electron chi connectivity index (χ3n) is 5.11. The van der Waals surface area contributed by atoms with Gasteiger partial charge >= 0.3 is 0 Å². The van der Waals surface area contributed by atoms with Crippen LogP contribution in [0.2, 0.25) is 0 Å². The lowest BCUT2D eigenvalue weighted by molar-refractivity contribution is -0.115. The van der Waals surface area contributed by atoms with Crippen LogP contribution in [0.1, 0.15) is 21.9 Å². The first kappa shape index (κ1) is 24.1. The van der Waals surface area contributed by atoms with Gasteiger partial charge in [0.25, 0.3) is 10.0 Å². The number of thiophene rings is 1. The van der Waals surface area contributed by atoms with Gasteiger partial charge in [0.1, 0.15) is 9.46 Å². The average Bonchev–Trinajstić information content (AvgIpc) is 3.37. The Morgan fingerprint density at radius 2 is 1.65 bits per heavy atom. The molecule has 174 valence electrons. The van der Waals surface area contributed by atoms with Crippen LogP contribution in [0, 0.1) is 13.8 Å². The summed E-state index contributed by atoms with van der Waals surface area (Å²) in [5.74, 6) is -0.118. The Labute approximate surface area is 208 Å². The van der Waals surface area contributed by atoms with E-state index in [1.165, 1.54) is 11.8 Å². The summed E-state index contributed by atoms with van der Waals surface area (Å²) in [6.07, 6.45) is 0. The highest BCUT2D eigenvalue weighted by Gasteiger charge is 2.23. The van der Waals surface area contributed by atoms with E-state index in [1.54, 1.807) is 29.6 Å². The van der Waals surface area contributed by atoms with Crippen molar-refractivity contribution in [2.75, 3.05) is 10.0 Å². The van der Waals surface area contributed by atoms with E-state index in [9.17, 15) is 13.2 Å². The molecule has 0 aliphatic carbocycles. The van der Waals surface area contributed by atoms with Crippen LogP contribution in [-0.2, 0) is 14.8 Å². The summed E-state index contributed by atoms with van der Waals surface area (Å²) in [6.45, 7) is 3.96. The van der Waals surface area contributed by atoms with Gasteiger partial charge in [0.15, 0.2) is 0 Å². The van der Waals surface area contributed by atoms with Crippen LogP contribution in [0.4, 0.5) is 11.4 Å². The Bertz CT molecular complexity index is 1370. The molecule has 1 aromatic heterocycles. The van der Waals surface area contributed by atoms with Gasteiger partial charge in [-0.2, -0.15) is 0 Å². The first-order chi connectivity index (χ1) is 16.3. The molecule has 1 atom stereocenters. The predicted molar refractivity (Wildman–Crippen MR) is 141 cm³/mol. The number of thioether (sulfide) groups is 1. The molecule has 1 heterocycles. The zero-order valence-electron chi connectivity index (χ0n) is 18.7. The molecule has 8 heteroatoms. The monoisotopic (exact) mass is 508 g/mol. The van der Waals surface area contributed by atoms with Gasteiger partial charge in [-0.3, -0.25) is 9.52 Å². The second kappa shape index (κ2) is 10.5. The fraction of sp³-hybridized carbons (Fsp3) is 0.115. The summed E-state index contributed by atoms with van der Waals surface area (Å²) >= 11 is 2.58. The van der Waals surface area contributed by atoms with E-state index in [0.29, 0.717) is 5.69 Å². The van der Waals surface area contributed by atoms with E-state index in [2.05, 4.69) is 10.0 Å². The maximum atomic E-state index is 13.3. The van der Waals surface area contributed by atoms with E-state index in [0.717, 1.165) is 38.6 Å². The number of carbonyl (C=O) groups excluding carboxylic acids is 1. The third-order valence-corrected chi connectivity index (χ3v) is 9.16. The summed E-state index contributed by atoms with van der Waals surface area (Å²) < 4.78 is 27.8. The van der Waals surface area contributed by atoms with E-state index in [4.69, 9.17) is 0 Å². The first-order valence-electron chi connectivity index (χ1n) is 10.6. The molecule has 5 nitrogen and oxygen atoms in total. The van der Waals surface area contributed by atoms with Gasteiger partial charge < -0.3 is 5.32 Å². The molecular formula is C26H24N2O3S3. The molecule has 1 unspecified atom stereocenters. The van der Waals surface area contributed by atoms with Crippen molar-refractivity contribution in [2.45, 2.75) is 28.2 Å². The lowest BCUT2D eigenvalue weighted by Gasteiger charge is -2.18. The minimum absolute atomic E-state index is 0.118. The first-order valence-corrected chi connectivity index (χ1v) is 13.8. The van der Waals surface area contributed by atoms with Crippen LogP contribution in [0.3, 0.4) is 0 Å². The normalized spacial score (nSPS) is 12.2. The second-order valence-corrected chi connectivity index (χ2v) is 11.8. The van der Waals surface area contributed by atoms with Crippen molar-refractivity contribution in [3.63, 3.8) is 0 Å². The van der Waals surface area contributed by atoms with Crippen LogP contribution in [0.25, 0.3) is 0 Å². The smallest absolute Gasteiger partial charge is 0.271 e. The highest BCUT2D eigenvalue weighted by atomic mass is 32.2. The van der Waals surface area contributed by atoms with Crippen molar-refractivity contribution in [3.05, 3.63) is 107 Å². The number of nitrogens with one attached hydrogen (secondary N) is 2. The fourth-order valence-electron chi connectivity index (χ4n) is 3.33. The number of rotatable bonds is 8. The number of anilines is 2. The highest BCUT2D eigenvalue weighted by molar-refractivity contribution is 8.00. The van der Waals surface area contributed by atoms with Gasteiger partial charge in [0, 0.05) is 16.3 Å². The number of hydrogen-bond acceptors (Lipinski definition) is 5. The topological polar surface area (TPSA) is 75.3 Å². The molecule has 4 aromatic rings. The highest BCUT2D eigenvalue weighted by Crippen LogP contribution is 2.37. The number of sulfonamides is 1. The van der Waals surface area contributed by atoms with E-state index >= 15 is 0 Å². The molecule has 0 bridgehead atoms. The molecule has 1 amide bonds. The SMILES string of the molecule is Cc1ccc(C)c(NC(=O)C(Sc2ccc(NS(=O)(=O)c3cccs3)cc2)c2ccccc2)c1. The number of benzene rings is 3. The quantitative estimate of drug-likeness (QED) is 0.262. The Balaban J connectivity index is 1.54. The second-order valence-electron chi connectivity index (χ2n) is 7.78. The van der Waals surface area contributed by atoms with Crippen molar-refractivity contribution in [1.29, 1.82) is 0 Å². The van der Waals surface area contributed by atoms with Crippen molar-refractivity contribution in [3.8, 4) is 0 Å². The van der Waals surface area contributed by atoms with Gasteiger partial charge in [-0.1, -0.05) is 48.5 Å². The van der Waals surface area contributed by atoms with Crippen LogP contribution >= 0.6 is 23.1 Å². The zero-order chi connectivity index (χ0) is 24.1. The molecule has 0 fully saturated rings. The molecule has 3 aromatic carbocycles. The van der Waals surface area contributed by atoms with E-state index in [1.807, 2.05) is 74.5 Å². The van der Waals surface area contributed by atoms with Crippen LogP contribution in [0.15, 0.2) is 99.4 Å². The lowest BCUT2D eigenvalue weighted by atomic mass is 10.1. The Morgan fingerprint density at radius 3 is 2.32 bits per heavy atom. The molecule has 34 heavy (non-hydrogen) atoms. The Morgan fingerprint density at radius 1 is 0.912 bits per heavy atom. The van der Waals surface area contributed by atoms with E-state index in [-0.39, 0.29) is 10.1 Å². The number of carbonyl (C=O) groups is 1. The fourth-order valence-corrected chi connectivity index (χ4v) is 6.41. The minimum atomic E-state index is -3.61. The number of amides is 1. The molecule has 0 saturated heterocycles. The van der Waals surface area contributed by atoms with Gasteiger partial charge in [-0.05, 0) is 72.3 Å². The largest absolute Gasteiger partial charge is 0.325 e. The van der Waals surface area contributed by atoms with E-state index < -0.39 is 15.3 Å². The molecule has 0 radical (unpaired) electrons. The van der Waals surface area contributed by atoms with Crippen molar-refractivity contribution in [1.82, 2.24) is 0 Å². The molecule has 0 spiro atoms. The molecule has 4 rings (SSSR count). The van der Waals surface area contributed by atoms with Gasteiger partial charge in [0.05, 0.1) is 0 Å². The van der Waals surface area contributed by atoms with Crippen LogP contribution in [0.5, 0.6) is 0 Å². The summed E-state index contributed by atoms with van der Waals surface area (Å²) in [7, 11) is -3.61. The number of aryl methyl sites for hydroxylation is 2. The Hall–Kier alpha value is -3.07. The summed E-state index contributed by atoms with van der Waals surface area (Å²) in [6, 6.07) is 25.9. The predicted octanol–water partition coefficient (Wildman–Crippen LogP) is 6.64. The van der Waals surface area contributed by atoms with Crippen molar-refractivity contribution < 1.29 is 13.2 Å². The summed E-state index contributed by atoms with van der Waals surface area (Å²) in [5.41, 5.74) is 4.22. The molecule has 0 aliphatic rings. The summed E-state index contributed by atoms with van der Waals surface area (Å²) in [4.78, 5) is 14.2.